The topological polar surface area (TPSA) is 78.3 Å². The molecule has 0 aliphatic rings. The standard InChI is InChI=1S/C9H11NO2.CH5N/c1-12-9(11)8-4-2-7(6-10)3-5-8;1-2/h2-5H,6,10H2,1H3;2H2,1H3. The number of ether oxygens (including phenoxy) is 1. The Hall–Kier alpha value is -1.39. The van der Waals surface area contributed by atoms with Crippen molar-refractivity contribution >= 4 is 5.97 Å². The fourth-order valence-electron chi connectivity index (χ4n) is 0.895. The predicted octanol–water partition coefficient (Wildman–Crippen LogP) is 0.507. The van der Waals surface area contributed by atoms with E-state index in [1.54, 1.807) is 12.1 Å². The van der Waals surface area contributed by atoms with Crippen LogP contribution in [0.15, 0.2) is 24.3 Å². The van der Waals surface area contributed by atoms with E-state index >= 15 is 0 Å². The lowest BCUT2D eigenvalue weighted by Gasteiger charge is -1.99. The van der Waals surface area contributed by atoms with Gasteiger partial charge in [0.1, 0.15) is 0 Å². The van der Waals surface area contributed by atoms with E-state index in [1.807, 2.05) is 12.1 Å². The monoisotopic (exact) mass is 196 g/mol. The van der Waals surface area contributed by atoms with Crippen molar-refractivity contribution in [3.05, 3.63) is 35.4 Å². The van der Waals surface area contributed by atoms with Crippen molar-refractivity contribution in [3.63, 3.8) is 0 Å². The van der Waals surface area contributed by atoms with Gasteiger partial charge in [0.05, 0.1) is 12.7 Å². The molecule has 0 aliphatic heterocycles. The number of hydrogen-bond acceptors (Lipinski definition) is 4. The fraction of sp³-hybridized carbons (Fsp3) is 0.300. The van der Waals surface area contributed by atoms with Crippen LogP contribution < -0.4 is 11.5 Å². The Morgan fingerprint density at radius 2 is 1.79 bits per heavy atom. The van der Waals surface area contributed by atoms with Crippen molar-refractivity contribution in [1.82, 2.24) is 0 Å². The maximum atomic E-state index is 11.0. The molecule has 1 rings (SSSR count). The lowest BCUT2D eigenvalue weighted by molar-refractivity contribution is 0.0600. The maximum Gasteiger partial charge on any atom is 0.337 e. The summed E-state index contributed by atoms with van der Waals surface area (Å²) in [5.74, 6) is -0.321. The quantitative estimate of drug-likeness (QED) is 0.675. The van der Waals surface area contributed by atoms with Crippen molar-refractivity contribution in [1.29, 1.82) is 0 Å². The summed E-state index contributed by atoms with van der Waals surface area (Å²) in [6.07, 6.45) is 0. The summed E-state index contributed by atoms with van der Waals surface area (Å²) in [6, 6.07) is 7.03. The van der Waals surface area contributed by atoms with Gasteiger partial charge in [0.2, 0.25) is 0 Å². The van der Waals surface area contributed by atoms with Crippen LogP contribution >= 0.6 is 0 Å². The highest BCUT2D eigenvalue weighted by atomic mass is 16.5. The first-order chi connectivity index (χ1) is 6.77. The van der Waals surface area contributed by atoms with Crippen molar-refractivity contribution in [2.75, 3.05) is 14.2 Å². The van der Waals surface area contributed by atoms with Crippen molar-refractivity contribution in [3.8, 4) is 0 Å². The van der Waals surface area contributed by atoms with Gasteiger partial charge in [-0.3, -0.25) is 0 Å². The first-order valence-electron chi connectivity index (χ1n) is 4.23. The van der Waals surface area contributed by atoms with Crippen LogP contribution in [0.4, 0.5) is 0 Å². The minimum absolute atomic E-state index is 0.321. The molecule has 4 heteroatoms. The van der Waals surface area contributed by atoms with E-state index < -0.39 is 0 Å². The number of carbonyl (C=O) groups is 1. The SMILES string of the molecule is CN.COC(=O)c1ccc(CN)cc1. The summed E-state index contributed by atoms with van der Waals surface area (Å²) < 4.78 is 4.54. The number of carbonyl (C=O) groups excluding carboxylic acids is 1. The van der Waals surface area contributed by atoms with Crippen LogP contribution in [-0.4, -0.2) is 20.1 Å². The zero-order valence-corrected chi connectivity index (χ0v) is 8.49. The average Bonchev–Trinajstić information content (AvgIpc) is 2.31. The minimum atomic E-state index is -0.321. The Balaban J connectivity index is 0.000000791. The fourth-order valence-corrected chi connectivity index (χ4v) is 0.895. The molecule has 0 spiro atoms. The number of nitrogens with two attached hydrogens (primary N) is 2. The highest BCUT2D eigenvalue weighted by molar-refractivity contribution is 5.89. The van der Waals surface area contributed by atoms with Crippen molar-refractivity contribution < 1.29 is 9.53 Å². The Kier molecular flexibility index (Phi) is 6.36. The Morgan fingerprint density at radius 3 is 2.14 bits per heavy atom. The van der Waals surface area contributed by atoms with Gasteiger partial charge in [0.25, 0.3) is 0 Å². The van der Waals surface area contributed by atoms with Gasteiger partial charge in [-0.25, -0.2) is 4.79 Å². The molecule has 0 atom stereocenters. The average molecular weight is 196 g/mol. The molecule has 0 saturated heterocycles. The number of methoxy groups -OCH3 is 1. The van der Waals surface area contributed by atoms with Crippen LogP contribution in [0.1, 0.15) is 15.9 Å². The van der Waals surface area contributed by atoms with E-state index in [4.69, 9.17) is 5.73 Å². The van der Waals surface area contributed by atoms with Crippen LogP contribution in [0.3, 0.4) is 0 Å². The van der Waals surface area contributed by atoms with Crippen LogP contribution in [-0.2, 0) is 11.3 Å². The second-order valence-electron chi connectivity index (χ2n) is 2.39. The van der Waals surface area contributed by atoms with E-state index in [-0.39, 0.29) is 5.97 Å². The van der Waals surface area contributed by atoms with Crippen LogP contribution in [0, 0.1) is 0 Å². The lowest BCUT2D eigenvalue weighted by atomic mass is 10.1. The van der Waals surface area contributed by atoms with Gasteiger partial charge in [0, 0.05) is 6.54 Å². The number of esters is 1. The Bertz CT molecular complexity index is 270. The molecule has 78 valence electrons. The molecule has 4 N–H and O–H groups in total. The maximum absolute atomic E-state index is 11.0. The third kappa shape index (κ3) is 3.55. The highest BCUT2D eigenvalue weighted by Crippen LogP contribution is 2.04. The van der Waals surface area contributed by atoms with E-state index in [0.29, 0.717) is 12.1 Å². The second-order valence-corrected chi connectivity index (χ2v) is 2.39. The number of hydrogen-bond donors (Lipinski definition) is 2. The van der Waals surface area contributed by atoms with Gasteiger partial charge in [-0.15, -0.1) is 0 Å². The molecule has 1 aromatic rings. The number of rotatable bonds is 2. The molecule has 0 amide bonds. The zero-order chi connectivity index (χ0) is 11.0. The number of benzene rings is 1. The molecule has 0 bridgehead atoms. The molecule has 0 unspecified atom stereocenters. The second kappa shape index (κ2) is 7.06. The molecule has 0 fully saturated rings. The van der Waals surface area contributed by atoms with Crippen LogP contribution in [0.5, 0.6) is 0 Å². The first-order valence-corrected chi connectivity index (χ1v) is 4.23. The molecule has 0 aromatic heterocycles. The third-order valence-corrected chi connectivity index (χ3v) is 1.61. The summed E-state index contributed by atoms with van der Waals surface area (Å²) >= 11 is 0. The third-order valence-electron chi connectivity index (χ3n) is 1.61. The molecule has 0 saturated carbocycles. The van der Waals surface area contributed by atoms with Gasteiger partial charge in [0.15, 0.2) is 0 Å². The van der Waals surface area contributed by atoms with Gasteiger partial charge >= 0.3 is 5.97 Å². The summed E-state index contributed by atoms with van der Waals surface area (Å²) in [5.41, 5.74) is 11.4. The highest BCUT2D eigenvalue weighted by Gasteiger charge is 2.02. The normalized spacial score (nSPS) is 8.57. The Morgan fingerprint density at radius 1 is 1.29 bits per heavy atom. The molecular formula is C10H16N2O2. The van der Waals surface area contributed by atoms with Gasteiger partial charge in [-0.05, 0) is 24.7 Å². The summed E-state index contributed by atoms with van der Waals surface area (Å²) in [5, 5.41) is 0. The summed E-state index contributed by atoms with van der Waals surface area (Å²) in [7, 11) is 2.86. The lowest BCUT2D eigenvalue weighted by Crippen LogP contribution is -2.02. The van der Waals surface area contributed by atoms with Crippen molar-refractivity contribution in [2.24, 2.45) is 11.5 Å². The molecule has 4 nitrogen and oxygen atoms in total. The van der Waals surface area contributed by atoms with E-state index in [0.717, 1.165) is 5.56 Å². The summed E-state index contributed by atoms with van der Waals surface area (Å²) in [6.45, 7) is 0.488. The smallest absolute Gasteiger partial charge is 0.337 e. The van der Waals surface area contributed by atoms with Crippen LogP contribution in [0.2, 0.25) is 0 Å². The van der Waals surface area contributed by atoms with Gasteiger partial charge in [-0.2, -0.15) is 0 Å². The molecule has 14 heavy (non-hydrogen) atoms. The largest absolute Gasteiger partial charge is 0.465 e. The predicted molar refractivity (Wildman–Crippen MR) is 55.8 cm³/mol. The van der Waals surface area contributed by atoms with Gasteiger partial charge < -0.3 is 16.2 Å². The Labute approximate surface area is 83.9 Å². The van der Waals surface area contributed by atoms with Gasteiger partial charge in [-0.1, -0.05) is 12.1 Å². The molecule has 0 aliphatic carbocycles. The molecule has 1 aromatic carbocycles. The molecular weight excluding hydrogens is 180 g/mol. The van der Waals surface area contributed by atoms with E-state index in [1.165, 1.54) is 14.2 Å². The minimum Gasteiger partial charge on any atom is -0.465 e. The molecule has 0 heterocycles. The zero-order valence-electron chi connectivity index (χ0n) is 8.49. The molecule has 0 radical (unpaired) electrons. The van der Waals surface area contributed by atoms with Crippen LogP contribution in [0.25, 0.3) is 0 Å². The van der Waals surface area contributed by atoms with E-state index in [9.17, 15) is 4.79 Å². The first kappa shape index (κ1) is 12.6. The summed E-state index contributed by atoms with van der Waals surface area (Å²) in [4.78, 5) is 11.0. The van der Waals surface area contributed by atoms with Crippen molar-refractivity contribution in [2.45, 2.75) is 6.54 Å². The van der Waals surface area contributed by atoms with E-state index in [2.05, 4.69) is 10.5 Å².